The number of rotatable bonds is 9. The number of halogens is 1. The maximum absolute atomic E-state index is 6.15. The average molecular weight is 262 g/mol. The molecule has 0 aromatic carbocycles. The molecule has 1 aliphatic carbocycles. The van der Waals surface area contributed by atoms with Crippen LogP contribution in [0.5, 0.6) is 0 Å². The fraction of sp³-hybridized carbons (Fsp3) is 1.00. The highest BCUT2D eigenvalue weighted by Gasteiger charge is 2.30. The average Bonchev–Trinajstić information content (AvgIpc) is 2.39. The van der Waals surface area contributed by atoms with Crippen molar-refractivity contribution in [1.29, 1.82) is 0 Å². The minimum absolute atomic E-state index is 0.364. The van der Waals surface area contributed by atoms with Gasteiger partial charge in [-0.1, -0.05) is 32.6 Å². The molecule has 17 heavy (non-hydrogen) atoms. The zero-order valence-corrected chi connectivity index (χ0v) is 12.0. The standard InChI is InChI=1S/C14H28ClNO/c1-2-3-10-17-11-9-16-13-14(12-15)7-5-4-6-8-14/h16H,2-13H2,1H3. The van der Waals surface area contributed by atoms with Crippen molar-refractivity contribution >= 4 is 11.6 Å². The van der Waals surface area contributed by atoms with E-state index in [1.807, 2.05) is 0 Å². The Balaban J connectivity index is 2.03. The van der Waals surface area contributed by atoms with E-state index in [2.05, 4.69) is 12.2 Å². The number of alkyl halides is 1. The van der Waals surface area contributed by atoms with E-state index in [4.69, 9.17) is 16.3 Å². The molecule has 1 fully saturated rings. The van der Waals surface area contributed by atoms with E-state index >= 15 is 0 Å². The summed E-state index contributed by atoms with van der Waals surface area (Å²) in [6.45, 7) is 5.95. The van der Waals surface area contributed by atoms with Crippen LogP contribution in [0.2, 0.25) is 0 Å². The van der Waals surface area contributed by atoms with Crippen LogP contribution in [-0.4, -0.2) is 32.2 Å². The summed E-state index contributed by atoms with van der Waals surface area (Å²) in [7, 11) is 0. The highest BCUT2D eigenvalue weighted by molar-refractivity contribution is 6.18. The van der Waals surface area contributed by atoms with Gasteiger partial charge in [-0.05, 0) is 24.7 Å². The highest BCUT2D eigenvalue weighted by Crippen LogP contribution is 2.36. The van der Waals surface area contributed by atoms with Crippen molar-refractivity contribution in [3.63, 3.8) is 0 Å². The van der Waals surface area contributed by atoms with Crippen LogP contribution in [0.15, 0.2) is 0 Å². The zero-order chi connectivity index (χ0) is 12.4. The number of hydrogen-bond acceptors (Lipinski definition) is 2. The lowest BCUT2D eigenvalue weighted by atomic mass is 9.75. The van der Waals surface area contributed by atoms with Gasteiger partial charge < -0.3 is 10.1 Å². The van der Waals surface area contributed by atoms with E-state index in [1.54, 1.807) is 0 Å². The SMILES string of the molecule is CCCCOCCNCC1(CCl)CCCCC1. The molecule has 0 aromatic heterocycles. The van der Waals surface area contributed by atoms with Crippen molar-refractivity contribution in [3.05, 3.63) is 0 Å². The van der Waals surface area contributed by atoms with Crippen molar-refractivity contribution in [3.8, 4) is 0 Å². The molecule has 2 nitrogen and oxygen atoms in total. The van der Waals surface area contributed by atoms with Crippen LogP contribution in [0.1, 0.15) is 51.9 Å². The van der Waals surface area contributed by atoms with E-state index in [-0.39, 0.29) is 0 Å². The van der Waals surface area contributed by atoms with E-state index in [0.29, 0.717) is 5.41 Å². The molecule has 1 rings (SSSR count). The molecule has 0 unspecified atom stereocenters. The number of hydrogen-bond donors (Lipinski definition) is 1. The predicted octanol–water partition coefficient (Wildman–Crippen LogP) is 3.58. The number of ether oxygens (including phenoxy) is 1. The molecule has 0 bridgehead atoms. The second-order valence-corrected chi connectivity index (χ2v) is 5.60. The van der Waals surface area contributed by atoms with Gasteiger partial charge in [-0.15, -0.1) is 11.6 Å². The molecule has 0 saturated heterocycles. The Morgan fingerprint density at radius 3 is 2.59 bits per heavy atom. The van der Waals surface area contributed by atoms with Gasteiger partial charge >= 0.3 is 0 Å². The van der Waals surface area contributed by atoms with Crippen LogP contribution in [0.25, 0.3) is 0 Å². The summed E-state index contributed by atoms with van der Waals surface area (Å²) < 4.78 is 5.53. The first-order chi connectivity index (χ1) is 8.33. The zero-order valence-electron chi connectivity index (χ0n) is 11.3. The third-order valence-electron chi connectivity index (χ3n) is 3.76. The third kappa shape index (κ3) is 6.08. The van der Waals surface area contributed by atoms with Gasteiger partial charge in [0.25, 0.3) is 0 Å². The van der Waals surface area contributed by atoms with Gasteiger partial charge in [0.1, 0.15) is 0 Å². The Hall–Kier alpha value is 0.210. The summed E-state index contributed by atoms with van der Waals surface area (Å²) in [6.07, 6.45) is 9.05. The van der Waals surface area contributed by atoms with E-state index in [9.17, 15) is 0 Å². The molecular formula is C14H28ClNO. The Labute approximate surface area is 111 Å². The first-order valence-electron chi connectivity index (χ1n) is 7.17. The van der Waals surface area contributed by atoms with Gasteiger partial charge in [-0.3, -0.25) is 0 Å². The van der Waals surface area contributed by atoms with Gasteiger partial charge in [0.05, 0.1) is 6.61 Å². The molecule has 3 heteroatoms. The quantitative estimate of drug-likeness (QED) is 0.506. The summed E-state index contributed by atoms with van der Waals surface area (Å²) in [5, 5.41) is 3.51. The summed E-state index contributed by atoms with van der Waals surface area (Å²) in [5.41, 5.74) is 0.364. The van der Waals surface area contributed by atoms with Gasteiger partial charge in [0, 0.05) is 25.6 Å². The van der Waals surface area contributed by atoms with E-state index in [1.165, 1.54) is 44.9 Å². The number of unbranched alkanes of at least 4 members (excludes halogenated alkanes) is 1. The van der Waals surface area contributed by atoms with E-state index in [0.717, 1.165) is 32.2 Å². The Morgan fingerprint density at radius 1 is 1.18 bits per heavy atom. The van der Waals surface area contributed by atoms with Crippen LogP contribution in [-0.2, 0) is 4.74 Å². The van der Waals surface area contributed by atoms with Crippen molar-refractivity contribution in [2.24, 2.45) is 5.41 Å². The second-order valence-electron chi connectivity index (χ2n) is 5.34. The second kappa shape index (κ2) is 9.18. The van der Waals surface area contributed by atoms with E-state index < -0.39 is 0 Å². The topological polar surface area (TPSA) is 21.3 Å². The minimum atomic E-state index is 0.364. The van der Waals surface area contributed by atoms with Crippen molar-refractivity contribution in [1.82, 2.24) is 5.32 Å². The summed E-state index contributed by atoms with van der Waals surface area (Å²) >= 11 is 6.15. The van der Waals surface area contributed by atoms with Gasteiger partial charge in [0.2, 0.25) is 0 Å². The smallest absolute Gasteiger partial charge is 0.0590 e. The molecule has 0 radical (unpaired) electrons. The van der Waals surface area contributed by atoms with Crippen LogP contribution >= 0.6 is 11.6 Å². The van der Waals surface area contributed by atoms with Gasteiger partial charge in [-0.2, -0.15) is 0 Å². The fourth-order valence-electron chi connectivity index (χ4n) is 2.51. The summed E-state index contributed by atoms with van der Waals surface area (Å²) in [6, 6.07) is 0. The van der Waals surface area contributed by atoms with Crippen molar-refractivity contribution < 1.29 is 4.74 Å². The van der Waals surface area contributed by atoms with Gasteiger partial charge in [-0.25, -0.2) is 0 Å². The monoisotopic (exact) mass is 261 g/mol. The summed E-state index contributed by atoms with van der Waals surface area (Å²) in [5.74, 6) is 0.802. The highest BCUT2D eigenvalue weighted by atomic mass is 35.5. The molecule has 0 aromatic rings. The number of nitrogens with one attached hydrogen (secondary N) is 1. The van der Waals surface area contributed by atoms with Crippen LogP contribution in [0.4, 0.5) is 0 Å². The Bertz CT molecular complexity index is 181. The molecule has 0 spiro atoms. The lowest BCUT2D eigenvalue weighted by Gasteiger charge is -2.35. The summed E-state index contributed by atoms with van der Waals surface area (Å²) in [4.78, 5) is 0. The molecule has 1 aliphatic rings. The molecule has 0 aliphatic heterocycles. The normalized spacial score (nSPS) is 19.4. The van der Waals surface area contributed by atoms with Crippen LogP contribution in [0, 0.1) is 5.41 Å². The Morgan fingerprint density at radius 2 is 1.94 bits per heavy atom. The lowest BCUT2D eigenvalue weighted by molar-refractivity contribution is 0.127. The fourth-order valence-corrected chi connectivity index (χ4v) is 2.87. The van der Waals surface area contributed by atoms with Crippen LogP contribution in [0.3, 0.4) is 0 Å². The van der Waals surface area contributed by atoms with Crippen molar-refractivity contribution in [2.75, 3.05) is 32.2 Å². The molecular weight excluding hydrogens is 234 g/mol. The van der Waals surface area contributed by atoms with Crippen molar-refractivity contribution in [2.45, 2.75) is 51.9 Å². The largest absolute Gasteiger partial charge is 0.380 e. The first-order valence-corrected chi connectivity index (χ1v) is 7.71. The molecule has 102 valence electrons. The molecule has 0 heterocycles. The Kier molecular flexibility index (Phi) is 8.25. The van der Waals surface area contributed by atoms with Crippen LogP contribution < -0.4 is 5.32 Å². The predicted molar refractivity (Wildman–Crippen MR) is 74.8 cm³/mol. The molecule has 0 atom stereocenters. The molecule has 1 saturated carbocycles. The molecule has 0 amide bonds. The maximum atomic E-state index is 6.15. The minimum Gasteiger partial charge on any atom is -0.380 e. The van der Waals surface area contributed by atoms with Gasteiger partial charge in [0.15, 0.2) is 0 Å². The molecule has 1 N–H and O–H groups in total. The maximum Gasteiger partial charge on any atom is 0.0590 e. The lowest BCUT2D eigenvalue weighted by Crippen LogP contribution is -2.38. The first kappa shape index (κ1) is 15.3. The third-order valence-corrected chi connectivity index (χ3v) is 4.33.